The Kier molecular flexibility index (Phi) is 3.36. The van der Waals surface area contributed by atoms with Gasteiger partial charge in [-0.15, -0.1) is 0 Å². The number of hydrogen-bond acceptors (Lipinski definition) is 4. The first kappa shape index (κ1) is 14.8. The summed E-state index contributed by atoms with van der Waals surface area (Å²) in [4.78, 5) is 36.5. The average molecular weight is 317 g/mol. The summed E-state index contributed by atoms with van der Waals surface area (Å²) in [5.41, 5.74) is 0.904. The third-order valence-electron chi connectivity index (χ3n) is 3.52. The van der Waals surface area contributed by atoms with E-state index in [1.165, 1.54) is 25.3 Å². The van der Waals surface area contributed by atoms with E-state index >= 15 is 0 Å². The quantitative estimate of drug-likeness (QED) is 0.840. The Balaban J connectivity index is 1.81. The van der Waals surface area contributed by atoms with Crippen molar-refractivity contribution in [3.05, 3.63) is 59.8 Å². The number of rotatable bonds is 3. The lowest BCUT2D eigenvalue weighted by Crippen LogP contribution is -2.47. The number of benzene rings is 1. The van der Waals surface area contributed by atoms with Gasteiger partial charge in [-0.05, 0) is 43.3 Å². The fourth-order valence-corrected chi connectivity index (χ4v) is 2.24. The van der Waals surface area contributed by atoms with Gasteiger partial charge in [0.15, 0.2) is 5.54 Å². The van der Waals surface area contributed by atoms with Crippen LogP contribution in [0.15, 0.2) is 47.1 Å². The molecule has 118 valence electrons. The summed E-state index contributed by atoms with van der Waals surface area (Å²) in [5, 5.41) is 3.05. The maximum absolute atomic E-state index is 12.9. The Morgan fingerprint density at radius 2 is 1.96 bits per heavy atom. The van der Waals surface area contributed by atoms with Gasteiger partial charge in [0.2, 0.25) is 0 Å². The number of carbonyl (C=O) groups excluding carboxylic acids is 3. The smallest absolute Gasteiger partial charge is 0.344 e. The third-order valence-corrected chi connectivity index (χ3v) is 3.52. The molecule has 1 saturated heterocycles. The van der Waals surface area contributed by atoms with Crippen LogP contribution in [0.2, 0.25) is 0 Å². The van der Waals surface area contributed by atoms with E-state index < -0.39 is 29.2 Å². The van der Waals surface area contributed by atoms with Crippen molar-refractivity contribution >= 4 is 17.8 Å². The molecule has 2 heterocycles. The maximum Gasteiger partial charge on any atom is 0.344 e. The zero-order valence-electron chi connectivity index (χ0n) is 12.0. The van der Waals surface area contributed by atoms with Gasteiger partial charge in [-0.1, -0.05) is 0 Å². The van der Waals surface area contributed by atoms with E-state index in [2.05, 4.69) is 10.7 Å². The molecule has 7 nitrogen and oxygen atoms in total. The van der Waals surface area contributed by atoms with E-state index in [1.54, 1.807) is 12.1 Å². The van der Waals surface area contributed by atoms with Crippen molar-refractivity contribution in [2.75, 3.05) is 0 Å². The Morgan fingerprint density at radius 1 is 1.26 bits per heavy atom. The van der Waals surface area contributed by atoms with Crippen molar-refractivity contribution in [1.29, 1.82) is 0 Å². The number of halogens is 1. The number of nitrogens with zero attached hydrogens (tertiary/aromatic N) is 1. The van der Waals surface area contributed by atoms with Gasteiger partial charge < -0.3 is 9.73 Å². The summed E-state index contributed by atoms with van der Waals surface area (Å²) in [6, 6.07) is 7.04. The molecule has 2 N–H and O–H groups in total. The lowest BCUT2D eigenvalue weighted by molar-refractivity contribution is -0.133. The summed E-state index contributed by atoms with van der Waals surface area (Å²) in [7, 11) is 0. The molecule has 1 unspecified atom stereocenters. The van der Waals surface area contributed by atoms with Gasteiger partial charge in [0.25, 0.3) is 11.8 Å². The topological polar surface area (TPSA) is 91.7 Å². The van der Waals surface area contributed by atoms with Crippen molar-refractivity contribution in [3.8, 4) is 0 Å². The van der Waals surface area contributed by atoms with E-state index in [1.807, 2.05) is 0 Å². The first-order chi connectivity index (χ1) is 10.9. The van der Waals surface area contributed by atoms with Crippen molar-refractivity contribution in [2.45, 2.75) is 12.5 Å². The van der Waals surface area contributed by atoms with Gasteiger partial charge in [-0.25, -0.2) is 9.18 Å². The van der Waals surface area contributed by atoms with Gasteiger partial charge in [0.05, 0.1) is 6.26 Å². The molecule has 1 aromatic carbocycles. The van der Waals surface area contributed by atoms with E-state index in [4.69, 9.17) is 4.42 Å². The fourth-order valence-electron chi connectivity index (χ4n) is 2.24. The predicted octanol–water partition coefficient (Wildman–Crippen LogP) is 1.53. The second-order valence-corrected chi connectivity index (χ2v) is 5.12. The second-order valence-electron chi connectivity index (χ2n) is 5.12. The first-order valence-corrected chi connectivity index (χ1v) is 6.69. The molecule has 1 aliphatic heterocycles. The third kappa shape index (κ3) is 2.44. The zero-order chi connectivity index (χ0) is 16.6. The zero-order valence-corrected chi connectivity index (χ0v) is 12.0. The molecule has 0 aliphatic carbocycles. The van der Waals surface area contributed by atoms with Crippen molar-refractivity contribution < 1.29 is 23.2 Å². The van der Waals surface area contributed by atoms with Crippen LogP contribution in [0, 0.1) is 5.82 Å². The highest BCUT2D eigenvalue weighted by Crippen LogP contribution is 2.28. The fraction of sp³-hybridized carbons (Fsp3) is 0.133. The molecule has 0 spiro atoms. The molecule has 0 saturated carbocycles. The highest BCUT2D eigenvalue weighted by atomic mass is 19.1. The first-order valence-electron chi connectivity index (χ1n) is 6.69. The second kappa shape index (κ2) is 5.24. The van der Waals surface area contributed by atoms with Gasteiger partial charge >= 0.3 is 6.03 Å². The van der Waals surface area contributed by atoms with E-state index in [0.29, 0.717) is 5.01 Å². The van der Waals surface area contributed by atoms with Crippen LogP contribution in [0.3, 0.4) is 0 Å². The summed E-state index contributed by atoms with van der Waals surface area (Å²) in [5.74, 6) is -1.65. The molecule has 8 heteroatoms. The number of amides is 4. The summed E-state index contributed by atoms with van der Waals surface area (Å²) >= 11 is 0. The van der Waals surface area contributed by atoms with E-state index in [9.17, 15) is 18.8 Å². The molecule has 23 heavy (non-hydrogen) atoms. The van der Waals surface area contributed by atoms with Gasteiger partial charge in [-0.2, -0.15) is 5.01 Å². The minimum absolute atomic E-state index is 0.110. The van der Waals surface area contributed by atoms with Crippen molar-refractivity contribution in [3.63, 3.8) is 0 Å². The van der Waals surface area contributed by atoms with Gasteiger partial charge in [0, 0.05) is 5.56 Å². The molecule has 1 atom stereocenters. The van der Waals surface area contributed by atoms with Crippen LogP contribution in [0.1, 0.15) is 23.0 Å². The van der Waals surface area contributed by atoms with Crippen LogP contribution in [-0.2, 0) is 10.3 Å². The molecule has 4 amide bonds. The minimum Gasteiger partial charge on any atom is -0.466 e. The van der Waals surface area contributed by atoms with Crippen LogP contribution >= 0.6 is 0 Å². The molecule has 3 rings (SSSR count). The minimum atomic E-state index is -1.41. The molecule has 0 bridgehead atoms. The number of urea groups is 1. The van der Waals surface area contributed by atoms with Crippen LogP contribution in [0.4, 0.5) is 9.18 Å². The van der Waals surface area contributed by atoms with Gasteiger partial charge in [0.1, 0.15) is 11.6 Å². The summed E-state index contributed by atoms with van der Waals surface area (Å²) < 4.78 is 18.0. The maximum atomic E-state index is 12.9. The number of imide groups is 1. The number of nitrogens with one attached hydrogen (secondary N) is 2. The molecule has 1 fully saturated rings. The lowest BCUT2D eigenvalue weighted by atomic mass is 10.00. The molecule has 2 aromatic rings. The molecular formula is C15H12FN3O4. The normalized spacial score (nSPS) is 20.5. The monoisotopic (exact) mass is 317 g/mol. The lowest BCUT2D eigenvalue weighted by Gasteiger charge is -2.19. The van der Waals surface area contributed by atoms with Crippen LogP contribution in [-0.4, -0.2) is 22.9 Å². The average Bonchev–Trinajstić information content (AvgIpc) is 3.12. The highest BCUT2D eigenvalue weighted by Gasteiger charge is 2.52. The number of furan rings is 1. The Labute approximate surface area is 130 Å². The van der Waals surface area contributed by atoms with E-state index in [0.717, 1.165) is 12.1 Å². The van der Waals surface area contributed by atoms with Crippen molar-refractivity contribution in [1.82, 2.24) is 15.8 Å². The molecule has 0 radical (unpaired) electrons. The van der Waals surface area contributed by atoms with Crippen molar-refractivity contribution in [2.24, 2.45) is 0 Å². The standard InChI is InChI=1S/C15H12FN3O4/c1-15(11-3-2-8-23-11)13(21)19(14(22)17-15)18-12(20)9-4-6-10(16)7-5-9/h2-8H,1H3,(H,17,22)(H,18,20). The molecular weight excluding hydrogens is 305 g/mol. The number of hydrogen-bond donors (Lipinski definition) is 2. The van der Waals surface area contributed by atoms with Gasteiger partial charge in [-0.3, -0.25) is 15.0 Å². The Bertz CT molecular complexity index is 773. The molecule has 1 aromatic heterocycles. The summed E-state index contributed by atoms with van der Waals surface area (Å²) in [6.07, 6.45) is 1.37. The molecule has 1 aliphatic rings. The number of hydrazine groups is 1. The predicted molar refractivity (Wildman–Crippen MR) is 75.3 cm³/mol. The van der Waals surface area contributed by atoms with Crippen LogP contribution < -0.4 is 10.7 Å². The summed E-state index contributed by atoms with van der Waals surface area (Å²) in [6.45, 7) is 1.47. The SMILES string of the molecule is CC1(c2ccco2)NC(=O)N(NC(=O)c2ccc(F)cc2)C1=O. The van der Waals surface area contributed by atoms with Crippen LogP contribution in [0.5, 0.6) is 0 Å². The van der Waals surface area contributed by atoms with Crippen LogP contribution in [0.25, 0.3) is 0 Å². The largest absolute Gasteiger partial charge is 0.466 e. The highest BCUT2D eigenvalue weighted by molar-refractivity contribution is 6.09. The Morgan fingerprint density at radius 3 is 2.57 bits per heavy atom. The Hall–Kier alpha value is -3.16. The van der Waals surface area contributed by atoms with E-state index in [-0.39, 0.29) is 11.3 Å². The number of carbonyl (C=O) groups is 3.